The average Bonchev–Trinajstić information content (AvgIpc) is 2.20. The predicted octanol–water partition coefficient (Wildman–Crippen LogP) is 1.26. The van der Waals surface area contributed by atoms with Crippen LogP contribution in [0.5, 0.6) is 0 Å². The van der Waals surface area contributed by atoms with E-state index >= 15 is 0 Å². The van der Waals surface area contributed by atoms with E-state index in [1.807, 2.05) is 0 Å². The van der Waals surface area contributed by atoms with Crippen molar-refractivity contribution < 1.29 is 17.5 Å². The van der Waals surface area contributed by atoms with Gasteiger partial charge in [0.25, 0.3) is 0 Å². The number of aromatic nitrogens is 2. The van der Waals surface area contributed by atoms with Crippen molar-refractivity contribution in [3.63, 3.8) is 0 Å². The number of rotatable bonds is 4. The first-order valence-corrected chi connectivity index (χ1v) is 6.67. The molecule has 0 N–H and O–H groups in total. The van der Waals surface area contributed by atoms with Crippen LogP contribution in [0.1, 0.15) is 18.9 Å². The zero-order chi connectivity index (χ0) is 12.3. The lowest BCUT2D eigenvalue weighted by Crippen LogP contribution is -2.25. The Morgan fingerprint density at radius 3 is 2.31 bits per heavy atom. The van der Waals surface area contributed by atoms with E-state index in [0.717, 1.165) is 12.4 Å². The van der Waals surface area contributed by atoms with Crippen LogP contribution in [0.15, 0.2) is 12.4 Å². The Hall–Kier alpha value is -0.790. The Kier molecular flexibility index (Phi) is 4.17. The predicted molar refractivity (Wildman–Crippen MR) is 56.0 cm³/mol. The van der Waals surface area contributed by atoms with Gasteiger partial charge in [-0.15, -0.1) is 0 Å². The van der Waals surface area contributed by atoms with E-state index in [0.29, 0.717) is 0 Å². The van der Waals surface area contributed by atoms with Crippen molar-refractivity contribution >= 4 is 19.7 Å². The summed E-state index contributed by atoms with van der Waals surface area (Å²) in [6.07, 6.45) is 0.937. The van der Waals surface area contributed by atoms with Gasteiger partial charge in [0.1, 0.15) is 11.4 Å². The van der Waals surface area contributed by atoms with Gasteiger partial charge in [-0.1, -0.05) is 0 Å². The van der Waals surface area contributed by atoms with Gasteiger partial charge in [0.2, 0.25) is 9.05 Å². The fourth-order valence-corrected chi connectivity index (χ4v) is 1.93. The highest BCUT2D eigenvalue weighted by Gasteiger charge is 2.31. The minimum absolute atomic E-state index is 0.0700. The van der Waals surface area contributed by atoms with Crippen LogP contribution in [0.3, 0.4) is 0 Å². The molecule has 0 aliphatic carbocycles. The van der Waals surface area contributed by atoms with Crippen molar-refractivity contribution in [2.24, 2.45) is 0 Å². The molecule has 2 atom stereocenters. The maximum atomic E-state index is 12.6. The fraction of sp³-hybridized carbons (Fsp3) is 0.500. The van der Waals surface area contributed by atoms with Crippen LogP contribution in [-0.2, 0) is 13.8 Å². The number of hydrogen-bond donors (Lipinski definition) is 0. The number of halogens is 2. The summed E-state index contributed by atoms with van der Waals surface area (Å²) in [5.41, 5.74) is 0. The highest BCUT2D eigenvalue weighted by atomic mass is 35.7. The van der Waals surface area contributed by atoms with Crippen molar-refractivity contribution in [3.05, 3.63) is 24.0 Å². The molecular formula is C8H10ClFN2O3S. The third-order valence-corrected chi connectivity index (χ3v) is 4.00. The molecule has 8 heteroatoms. The van der Waals surface area contributed by atoms with Gasteiger partial charge in [0.15, 0.2) is 11.6 Å². The third kappa shape index (κ3) is 3.10. The largest absolute Gasteiger partial charge is 0.372 e. The lowest BCUT2D eigenvalue weighted by Gasteiger charge is -2.18. The van der Waals surface area contributed by atoms with Crippen LogP contribution in [0.25, 0.3) is 0 Å². The fourth-order valence-electron chi connectivity index (χ4n) is 1.12. The highest BCUT2D eigenvalue weighted by Crippen LogP contribution is 2.24. The van der Waals surface area contributed by atoms with E-state index in [4.69, 9.17) is 15.4 Å². The van der Waals surface area contributed by atoms with Crippen LogP contribution in [-0.4, -0.2) is 30.7 Å². The van der Waals surface area contributed by atoms with E-state index in [1.165, 1.54) is 14.0 Å². The molecule has 90 valence electrons. The first-order valence-electron chi connectivity index (χ1n) is 4.30. The summed E-state index contributed by atoms with van der Waals surface area (Å²) in [4.78, 5) is 7.30. The minimum atomic E-state index is -3.80. The molecule has 0 radical (unpaired) electrons. The summed E-state index contributed by atoms with van der Waals surface area (Å²) in [7, 11) is 2.70. The van der Waals surface area contributed by atoms with Gasteiger partial charge in [-0.25, -0.2) is 22.8 Å². The minimum Gasteiger partial charge on any atom is -0.372 e. The van der Waals surface area contributed by atoms with Crippen LogP contribution < -0.4 is 0 Å². The number of methoxy groups -OCH3 is 1. The first-order chi connectivity index (χ1) is 7.36. The molecule has 0 bridgehead atoms. The maximum Gasteiger partial charge on any atom is 0.238 e. The van der Waals surface area contributed by atoms with Crippen LogP contribution in [0.4, 0.5) is 4.39 Å². The molecule has 0 fully saturated rings. The summed E-state index contributed by atoms with van der Waals surface area (Å²) in [6.45, 7) is 1.36. The van der Waals surface area contributed by atoms with E-state index in [1.54, 1.807) is 0 Å². The van der Waals surface area contributed by atoms with Gasteiger partial charge in [-0.3, -0.25) is 0 Å². The standard InChI is InChI=1S/C8H10ClFN2O3S/c1-5(16(9,13)14)7(15-2)8-11-3-6(10)4-12-8/h3-5,7H,1-2H3. The molecule has 1 aromatic heterocycles. The van der Waals surface area contributed by atoms with Gasteiger partial charge in [-0.2, -0.15) is 0 Å². The normalized spacial score (nSPS) is 15.8. The Morgan fingerprint density at radius 2 is 1.94 bits per heavy atom. The number of nitrogens with zero attached hydrogens (tertiary/aromatic N) is 2. The smallest absolute Gasteiger partial charge is 0.238 e. The zero-order valence-electron chi connectivity index (χ0n) is 8.59. The van der Waals surface area contributed by atoms with Crippen molar-refractivity contribution in [2.75, 3.05) is 7.11 Å². The van der Waals surface area contributed by atoms with Gasteiger partial charge < -0.3 is 4.74 Å². The second-order valence-corrected chi connectivity index (χ2v) is 6.08. The van der Waals surface area contributed by atoms with E-state index in [9.17, 15) is 12.8 Å². The Bertz CT molecular complexity index is 451. The molecule has 2 unspecified atom stereocenters. The van der Waals surface area contributed by atoms with Crippen LogP contribution in [0, 0.1) is 5.82 Å². The molecule has 5 nitrogen and oxygen atoms in total. The highest BCUT2D eigenvalue weighted by molar-refractivity contribution is 8.14. The van der Waals surface area contributed by atoms with Gasteiger partial charge >= 0.3 is 0 Å². The summed E-state index contributed by atoms with van der Waals surface area (Å²) < 4.78 is 39.8. The second-order valence-electron chi connectivity index (χ2n) is 3.10. The number of hydrogen-bond acceptors (Lipinski definition) is 5. The molecule has 0 spiro atoms. The van der Waals surface area contributed by atoms with Crippen molar-refractivity contribution in [2.45, 2.75) is 18.3 Å². The maximum absolute atomic E-state index is 12.6. The molecule has 0 saturated heterocycles. The monoisotopic (exact) mass is 268 g/mol. The van der Waals surface area contributed by atoms with Gasteiger partial charge in [0, 0.05) is 17.8 Å². The summed E-state index contributed by atoms with van der Waals surface area (Å²) in [6, 6.07) is 0. The van der Waals surface area contributed by atoms with Crippen molar-refractivity contribution in [3.8, 4) is 0 Å². The summed E-state index contributed by atoms with van der Waals surface area (Å²) in [5.74, 6) is -0.541. The quantitative estimate of drug-likeness (QED) is 0.769. The Morgan fingerprint density at radius 1 is 1.44 bits per heavy atom. The molecule has 1 aromatic rings. The third-order valence-electron chi connectivity index (χ3n) is 2.02. The second kappa shape index (κ2) is 5.03. The molecule has 0 amide bonds. The summed E-state index contributed by atoms with van der Waals surface area (Å²) in [5, 5.41) is -1.02. The Balaban J connectivity index is 3.03. The van der Waals surface area contributed by atoms with E-state index < -0.39 is 26.2 Å². The molecule has 0 saturated carbocycles. The van der Waals surface area contributed by atoms with Crippen LogP contribution >= 0.6 is 10.7 Å². The molecular weight excluding hydrogens is 259 g/mol. The van der Waals surface area contributed by atoms with Gasteiger partial charge in [-0.05, 0) is 6.92 Å². The lowest BCUT2D eigenvalue weighted by molar-refractivity contribution is 0.0951. The Labute approximate surface area is 97.0 Å². The average molecular weight is 269 g/mol. The molecule has 0 aromatic carbocycles. The molecule has 1 rings (SSSR count). The first kappa shape index (κ1) is 13.3. The van der Waals surface area contributed by atoms with E-state index in [-0.39, 0.29) is 5.82 Å². The molecule has 16 heavy (non-hydrogen) atoms. The summed E-state index contributed by atoms with van der Waals surface area (Å²) >= 11 is 0. The zero-order valence-corrected chi connectivity index (χ0v) is 10.2. The molecule has 1 heterocycles. The van der Waals surface area contributed by atoms with Crippen molar-refractivity contribution in [1.29, 1.82) is 0 Å². The van der Waals surface area contributed by atoms with Crippen LogP contribution in [0.2, 0.25) is 0 Å². The number of ether oxygens (including phenoxy) is 1. The lowest BCUT2D eigenvalue weighted by atomic mass is 10.2. The topological polar surface area (TPSA) is 69.2 Å². The van der Waals surface area contributed by atoms with Gasteiger partial charge in [0.05, 0.1) is 12.4 Å². The molecule has 0 aliphatic heterocycles. The SMILES string of the molecule is COC(c1ncc(F)cn1)C(C)S(=O)(=O)Cl. The van der Waals surface area contributed by atoms with Crippen molar-refractivity contribution in [1.82, 2.24) is 9.97 Å². The molecule has 0 aliphatic rings. The van der Waals surface area contributed by atoms with E-state index in [2.05, 4.69) is 9.97 Å².